The lowest BCUT2D eigenvalue weighted by Gasteiger charge is -2.26. The second kappa shape index (κ2) is 9.68. The van der Waals surface area contributed by atoms with Crippen molar-refractivity contribution < 1.29 is 23.1 Å². The zero-order valence-corrected chi connectivity index (χ0v) is 16.3. The Hall–Kier alpha value is -1.93. The molecule has 4 N–H and O–H groups in total. The van der Waals surface area contributed by atoms with Gasteiger partial charge in [0, 0.05) is 12.5 Å². The molecule has 0 aliphatic rings. The van der Waals surface area contributed by atoms with Crippen LogP contribution in [0.1, 0.15) is 38.7 Å². The van der Waals surface area contributed by atoms with E-state index < -0.39 is 45.5 Å². The third kappa shape index (κ3) is 5.28. The van der Waals surface area contributed by atoms with Crippen molar-refractivity contribution in [3.05, 3.63) is 29.8 Å². The van der Waals surface area contributed by atoms with Crippen molar-refractivity contribution in [2.75, 3.05) is 6.61 Å². The molecule has 0 saturated heterocycles. The highest BCUT2D eigenvalue weighted by molar-refractivity contribution is 7.92. The Balaban J connectivity index is 3.33. The van der Waals surface area contributed by atoms with Crippen LogP contribution < -0.4 is 11.1 Å². The molecule has 3 atom stereocenters. The summed E-state index contributed by atoms with van der Waals surface area (Å²) in [6.45, 7) is 4.88. The van der Waals surface area contributed by atoms with Gasteiger partial charge in [-0.3, -0.25) is 9.59 Å². The molecule has 0 saturated carbocycles. The molecule has 0 aromatic heterocycles. The molecule has 0 heterocycles. The number of carbonyl (C=O) groups is 2. The van der Waals surface area contributed by atoms with Gasteiger partial charge in [0.05, 0.1) is 4.90 Å². The van der Waals surface area contributed by atoms with Crippen molar-refractivity contribution in [1.82, 2.24) is 5.32 Å². The fraction of sp³-hybridized carbons (Fsp3) is 0.556. The largest absolute Gasteiger partial charge is 0.396 e. The number of primary amides is 1. The summed E-state index contributed by atoms with van der Waals surface area (Å²) in [6.07, 6.45) is 1.20. The van der Waals surface area contributed by atoms with Crippen LogP contribution in [0.2, 0.25) is 0 Å². The summed E-state index contributed by atoms with van der Waals surface area (Å²) in [6, 6.07) is 5.22. The lowest BCUT2D eigenvalue weighted by atomic mass is 9.99. The van der Waals surface area contributed by atoms with E-state index >= 15 is 0 Å². The molecule has 0 aliphatic carbocycles. The first-order valence-corrected chi connectivity index (χ1v) is 10.2. The Bertz CT molecular complexity index is 716. The van der Waals surface area contributed by atoms with Crippen molar-refractivity contribution >= 4 is 21.7 Å². The average molecular weight is 384 g/mol. The van der Waals surface area contributed by atoms with Gasteiger partial charge in [-0.05, 0) is 31.9 Å². The normalized spacial score (nSPS) is 15.1. The van der Waals surface area contributed by atoms with Crippen LogP contribution >= 0.6 is 0 Å². The van der Waals surface area contributed by atoms with E-state index in [1.807, 2.05) is 13.8 Å². The van der Waals surface area contributed by atoms with Crippen LogP contribution in [0.25, 0.3) is 0 Å². The highest BCUT2D eigenvalue weighted by atomic mass is 32.2. The second-order valence-corrected chi connectivity index (χ2v) is 8.45. The molecule has 0 bridgehead atoms. The van der Waals surface area contributed by atoms with Gasteiger partial charge in [0.15, 0.2) is 9.84 Å². The SMILES string of the molecule is CCC[C@@H](CO)C(C(=O)N[C@@H](CC)C(N)=O)S(=O)(=O)c1ccc(C)cc1. The minimum atomic E-state index is -4.05. The molecule has 1 aromatic rings. The van der Waals surface area contributed by atoms with Crippen LogP contribution in [0.15, 0.2) is 29.2 Å². The number of nitrogens with one attached hydrogen (secondary N) is 1. The highest BCUT2D eigenvalue weighted by Crippen LogP contribution is 2.25. The van der Waals surface area contributed by atoms with E-state index in [0.717, 1.165) is 5.56 Å². The smallest absolute Gasteiger partial charge is 0.239 e. The van der Waals surface area contributed by atoms with Crippen LogP contribution in [0.4, 0.5) is 0 Å². The Morgan fingerprint density at radius 1 is 1.19 bits per heavy atom. The van der Waals surface area contributed by atoms with Crippen molar-refractivity contribution in [3.63, 3.8) is 0 Å². The van der Waals surface area contributed by atoms with E-state index in [-0.39, 0.29) is 11.3 Å². The predicted molar refractivity (Wildman–Crippen MR) is 99.1 cm³/mol. The number of sulfone groups is 1. The first-order chi connectivity index (χ1) is 12.2. The van der Waals surface area contributed by atoms with E-state index in [2.05, 4.69) is 5.32 Å². The molecule has 7 nitrogen and oxygen atoms in total. The van der Waals surface area contributed by atoms with E-state index in [4.69, 9.17) is 5.73 Å². The average Bonchev–Trinajstić information content (AvgIpc) is 2.59. The highest BCUT2D eigenvalue weighted by Gasteiger charge is 2.40. The molecule has 1 rings (SSSR count). The first kappa shape index (κ1) is 22.1. The van der Waals surface area contributed by atoms with Crippen LogP contribution in [-0.4, -0.2) is 43.2 Å². The van der Waals surface area contributed by atoms with Crippen molar-refractivity contribution in [2.45, 2.75) is 56.2 Å². The summed E-state index contributed by atoms with van der Waals surface area (Å²) in [5.41, 5.74) is 6.13. The minimum Gasteiger partial charge on any atom is -0.396 e. The number of aliphatic hydroxyl groups excluding tert-OH is 1. The third-order valence-electron chi connectivity index (χ3n) is 4.33. The standard InChI is InChI=1S/C18H28N2O5S/c1-4-6-13(11-21)16(18(23)20-15(5-2)17(19)22)26(24,25)14-9-7-12(3)8-10-14/h7-10,13,15-16,21H,4-6,11H2,1-3H3,(H2,19,22)(H,20,23)/t13-,15-,16?/m0/s1. The Morgan fingerprint density at radius 3 is 2.19 bits per heavy atom. The number of nitrogens with two attached hydrogens (primary N) is 1. The molecular weight excluding hydrogens is 356 g/mol. The fourth-order valence-electron chi connectivity index (χ4n) is 2.82. The minimum absolute atomic E-state index is 0.00456. The number of carbonyl (C=O) groups excluding carboxylic acids is 2. The van der Waals surface area contributed by atoms with Gasteiger partial charge in [-0.15, -0.1) is 0 Å². The number of amides is 2. The molecule has 8 heteroatoms. The maximum atomic E-state index is 13.1. The molecule has 146 valence electrons. The zero-order valence-electron chi connectivity index (χ0n) is 15.4. The summed E-state index contributed by atoms with van der Waals surface area (Å²) in [7, 11) is -4.05. The molecule has 2 amide bonds. The van der Waals surface area contributed by atoms with E-state index in [9.17, 15) is 23.1 Å². The molecule has 0 fully saturated rings. The Kier molecular flexibility index (Phi) is 8.23. The quantitative estimate of drug-likeness (QED) is 0.553. The summed E-state index contributed by atoms with van der Waals surface area (Å²) in [5, 5.41) is 10.6. The maximum absolute atomic E-state index is 13.1. The lowest BCUT2D eigenvalue weighted by molar-refractivity contribution is -0.128. The van der Waals surface area contributed by atoms with E-state index in [1.165, 1.54) is 12.1 Å². The number of benzene rings is 1. The van der Waals surface area contributed by atoms with Gasteiger partial charge in [0.1, 0.15) is 11.3 Å². The topological polar surface area (TPSA) is 127 Å². The van der Waals surface area contributed by atoms with Gasteiger partial charge in [0.25, 0.3) is 0 Å². The molecule has 0 aliphatic heterocycles. The van der Waals surface area contributed by atoms with Crippen molar-refractivity contribution in [1.29, 1.82) is 0 Å². The molecule has 0 spiro atoms. The van der Waals surface area contributed by atoms with Crippen LogP contribution in [0.3, 0.4) is 0 Å². The monoisotopic (exact) mass is 384 g/mol. The lowest BCUT2D eigenvalue weighted by Crippen LogP contribution is -2.52. The van der Waals surface area contributed by atoms with E-state index in [1.54, 1.807) is 19.1 Å². The van der Waals surface area contributed by atoms with Gasteiger partial charge < -0.3 is 16.2 Å². The first-order valence-electron chi connectivity index (χ1n) is 8.70. The van der Waals surface area contributed by atoms with Crippen molar-refractivity contribution in [2.24, 2.45) is 11.7 Å². The van der Waals surface area contributed by atoms with Crippen LogP contribution in [-0.2, 0) is 19.4 Å². The van der Waals surface area contributed by atoms with Gasteiger partial charge in [0.2, 0.25) is 11.8 Å². The van der Waals surface area contributed by atoms with Gasteiger partial charge in [-0.25, -0.2) is 8.42 Å². The summed E-state index contributed by atoms with van der Waals surface area (Å²) in [4.78, 5) is 24.2. The molecule has 26 heavy (non-hydrogen) atoms. The molecule has 0 radical (unpaired) electrons. The van der Waals surface area contributed by atoms with Gasteiger partial charge >= 0.3 is 0 Å². The second-order valence-electron chi connectivity index (χ2n) is 6.38. The van der Waals surface area contributed by atoms with Gasteiger partial charge in [-0.2, -0.15) is 0 Å². The maximum Gasteiger partial charge on any atom is 0.239 e. The Morgan fingerprint density at radius 2 is 1.77 bits per heavy atom. The number of rotatable bonds is 10. The molecule has 1 unspecified atom stereocenters. The van der Waals surface area contributed by atoms with Crippen LogP contribution in [0.5, 0.6) is 0 Å². The van der Waals surface area contributed by atoms with Crippen LogP contribution in [0, 0.1) is 12.8 Å². The number of hydrogen-bond acceptors (Lipinski definition) is 5. The van der Waals surface area contributed by atoms with Gasteiger partial charge in [-0.1, -0.05) is 38.0 Å². The Labute approximate surface area is 154 Å². The predicted octanol–water partition coefficient (Wildman–Crippen LogP) is 0.926. The van der Waals surface area contributed by atoms with Crippen molar-refractivity contribution in [3.8, 4) is 0 Å². The summed E-state index contributed by atoms with van der Waals surface area (Å²) >= 11 is 0. The molecular formula is C18H28N2O5S. The number of aryl methyl sites for hydroxylation is 1. The number of aliphatic hydroxyl groups is 1. The summed E-state index contributed by atoms with van der Waals surface area (Å²) < 4.78 is 26.2. The summed E-state index contributed by atoms with van der Waals surface area (Å²) in [5.74, 6) is -2.33. The molecule has 1 aromatic carbocycles. The zero-order chi connectivity index (χ0) is 19.9. The van der Waals surface area contributed by atoms with E-state index in [0.29, 0.717) is 12.8 Å². The third-order valence-corrected chi connectivity index (χ3v) is 6.53. The fourth-order valence-corrected chi connectivity index (χ4v) is 4.71. The number of hydrogen-bond donors (Lipinski definition) is 3.